The standard InChI is InChI=1S/C12H19N3/c1-9-3-4-11(10(2)7-9)15-12-8-13-5-6-14-12/h5-6,8-11H,3-4,7H2,1-2H3,(H,14,15). The molecule has 0 radical (unpaired) electrons. The Balaban J connectivity index is 1.95. The third-order valence-electron chi connectivity index (χ3n) is 3.33. The van der Waals surface area contributed by atoms with Gasteiger partial charge in [0.15, 0.2) is 0 Å². The summed E-state index contributed by atoms with van der Waals surface area (Å²) in [5, 5.41) is 3.48. The van der Waals surface area contributed by atoms with Crippen LogP contribution in [0.15, 0.2) is 18.6 Å². The minimum Gasteiger partial charge on any atom is -0.366 e. The van der Waals surface area contributed by atoms with Crippen molar-refractivity contribution in [3.8, 4) is 0 Å². The molecule has 0 spiro atoms. The average molecular weight is 205 g/mol. The first-order valence-electron chi connectivity index (χ1n) is 5.78. The van der Waals surface area contributed by atoms with Crippen LogP contribution in [-0.4, -0.2) is 16.0 Å². The molecule has 3 heteroatoms. The van der Waals surface area contributed by atoms with Crippen molar-refractivity contribution in [2.24, 2.45) is 11.8 Å². The van der Waals surface area contributed by atoms with Crippen LogP contribution in [0.3, 0.4) is 0 Å². The Labute approximate surface area is 91.3 Å². The van der Waals surface area contributed by atoms with Gasteiger partial charge in [0.25, 0.3) is 0 Å². The molecule has 1 aliphatic rings. The highest BCUT2D eigenvalue weighted by atomic mass is 15.0. The zero-order valence-electron chi connectivity index (χ0n) is 9.48. The van der Waals surface area contributed by atoms with Crippen molar-refractivity contribution in [2.45, 2.75) is 39.2 Å². The van der Waals surface area contributed by atoms with E-state index in [2.05, 4.69) is 29.1 Å². The molecule has 1 heterocycles. The largest absolute Gasteiger partial charge is 0.366 e. The van der Waals surface area contributed by atoms with E-state index in [4.69, 9.17) is 0 Å². The summed E-state index contributed by atoms with van der Waals surface area (Å²) in [6, 6.07) is 0.568. The topological polar surface area (TPSA) is 37.8 Å². The van der Waals surface area contributed by atoms with Crippen molar-refractivity contribution in [2.75, 3.05) is 5.32 Å². The highest BCUT2D eigenvalue weighted by molar-refractivity contribution is 5.31. The summed E-state index contributed by atoms with van der Waals surface area (Å²) in [5.74, 6) is 2.51. The van der Waals surface area contributed by atoms with Gasteiger partial charge in [0.1, 0.15) is 5.82 Å². The summed E-state index contributed by atoms with van der Waals surface area (Å²) in [4.78, 5) is 8.32. The lowest BCUT2D eigenvalue weighted by Gasteiger charge is -2.33. The van der Waals surface area contributed by atoms with Gasteiger partial charge in [0.2, 0.25) is 0 Å². The zero-order valence-corrected chi connectivity index (χ0v) is 9.48. The lowest BCUT2D eigenvalue weighted by Crippen LogP contribution is -2.33. The van der Waals surface area contributed by atoms with Gasteiger partial charge in [-0.1, -0.05) is 13.8 Å². The summed E-state index contributed by atoms with van der Waals surface area (Å²) < 4.78 is 0. The smallest absolute Gasteiger partial charge is 0.144 e. The van der Waals surface area contributed by atoms with Crippen molar-refractivity contribution in [3.05, 3.63) is 18.6 Å². The molecule has 3 nitrogen and oxygen atoms in total. The fourth-order valence-corrected chi connectivity index (χ4v) is 2.44. The number of hydrogen-bond acceptors (Lipinski definition) is 3. The van der Waals surface area contributed by atoms with Crippen LogP contribution in [-0.2, 0) is 0 Å². The monoisotopic (exact) mass is 205 g/mol. The fraction of sp³-hybridized carbons (Fsp3) is 0.667. The molecule has 1 aromatic heterocycles. The molecule has 82 valence electrons. The Hall–Kier alpha value is -1.12. The van der Waals surface area contributed by atoms with Gasteiger partial charge < -0.3 is 5.32 Å². The second-order valence-corrected chi connectivity index (χ2v) is 4.74. The highest BCUT2D eigenvalue weighted by Gasteiger charge is 2.25. The molecular weight excluding hydrogens is 186 g/mol. The van der Waals surface area contributed by atoms with Gasteiger partial charge in [0, 0.05) is 18.4 Å². The minimum atomic E-state index is 0.568. The lowest BCUT2D eigenvalue weighted by atomic mass is 9.80. The van der Waals surface area contributed by atoms with Gasteiger partial charge >= 0.3 is 0 Å². The molecule has 3 unspecified atom stereocenters. The fourth-order valence-electron chi connectivity index (χ4n) is 2.44. The number of aromatic nitrogens is 2. The minimum absolute atomic E-state index is 0.568. The van der Waals surface area contributed by atoms with Crippen LogP contribution in [0.4, 0.5) is 5.82 Å². The van der Waals surface area contributed by atoms with Gasteiger partial charge in [-0.3, -0.25) is 4.98 Å². The van der Waals surface area contributed by atoms with Crippen LogP contribution in [0, 0.1) is 11.8 Å². The van der Waals surface area contributed by atoms with E-state index in [0.717, 1.165) is 17.7 Å². The van der Waals surface area contributed by atoms with Crippen LogP contribution in [0.25, 0.3) is 0 Å². The first kappa shape index (κ1) is 10.4. The molecule has 1 aromatic rings. The number of rotatable bonds is 2. The van der Waals surface area contributed by atoms with Gasteiger partial charge in [0.05, 0.1) is 6.20 Å². The number of hydrogen-bond donors (Lipinski definition) is 1. The predicted molar refractivity (Wildman–Crippen MR) is 61.6 cm³/mol. The molecule has 15 heavy (non-hydrogen) atoms. The van der Waals surface area contributed by atoms with E-state index in [-0.39, 0.29) is 0 Å². The lowest BCUT2D eigenvalue weighted by molar-refractivity contribution is 0.276. The maximum atomic E-state index is 4.25. The van der Waals surface area contributed by atoms with E-state index in [1.165, 1.54) is 19.3 Å². The molecule has 1 N–H and O–H groups in total. The van der Waals surface area contributed by atoms with Gasteiger partial charge in [-0.2, -0.15) is 0 Å². The Bertz CT molecular complexity index is 299. The highest BCUT2D eigenvalue weighted by Crippen LogP contribution is 2.30. The quantitative estimate of drug-likeness (QED) is 0.806. The van der Waals surface area contributed by atoms with Crippen molar-refractivity contribution in [1.82, 2.24) is 9.97 Å². The number of anilines is 1. The van der Waals surface area contributed by atoms with Crippen LogP contribution in [0.5, 0.6) is 0 Å². The van der Waals surface area contributed by atoms with Crippen LogP contribution < -0.4 is 5.32 Å². The predicted octanol–water partition coefficient (Wildman–Crippen LogP) is 2.71. The number of nitrogens with zero attached hydrogens (tertiary/aromatic N) is 2. The van der Waals surface area contributed by atoms with Crippen molar-refractivity contribution < 1.29 is 0 Å². The maximum Gasteiger partial charge on any atom is 0.144 e. The molecule has 0 aliphatic heterocycles. The van der Waals surface area contributed by atoms with Crippen molar-refractivity contribution in [3.63, 3.8) is 0 Å². The first-order chi connectivity index (χ1) is 7.25. The van der Waals surface area contributed by atoms with E-state index in [9.17, 15) is 0 Å². The second kappa shape index (κ2) is 4.60. The summed E-state index contributed by atoms with van der Waals surface area (Å²) in [6.45, 7) is 4.67. The normalized spacial score (nSPS) is 31.2. The summed E-state index contributed by atoms with van der Waals surface area (Å²) in [5.41, 5.74) is 0. The molecule has 1 aliphatic carbocycles. The van der Waals surface area contributed by atoms with Gasteiger partial charge in [-0.05, 0) is 31.1 Å². The summed E-state index contributed by atoms with van der Waals surface area (Å²) in [7, 11) is 0. The Kier molecular flexibility index (Phi) is 3.19. The van der Waals surface area contributed by atoms with Gasteiger partial charge in [-0.15, -0.1) is 0 Å². The van der Waals surface area contributed by atoms with Crippen molar-refractivity contribution in [1.29, 1.82) is 0 Å². The number of nitrogens with one attached hydrogen (secondary N) is 1. The third kappa shape index (κ3) is 2.67. The summed E-state index contributed by atoms with van der Waals surface area (Å²) in [6.07, 6.45) is 9.12. The Morgan fingerprint density at radius 1 is 1.27 bits per heavy atom. The average Bonchev–Trinajstić information content (AvgIpc) is 2.24. The van der Waals surface area contributed by atoms with E-state index >= 15 is 0 Å². The first-order valence-corrected chi connectivity index (χ1v) is 5.78. The zero-order chi connectivity index (χ0) is 10.7. The van der Waals surface area contributed by atoms with E-state index in [1.807, 2.05) is 0 Å². The van der Waals surface area contributed by atoms with E-state index < -0.39 is 0 Å². The van der Waals surface area contributed by atoms with E-state index in [1.54, 1.807) is 18.6 Å². The van der Waals surface area contributed by atoms with Crippen LogP contribution >= 0.6 is 0 Å². The Morgan fingerprint density at radius 2 is 2.13 bits per heavy atom. The molecule has 1 saturated carbocycles. The SMILES string of the molecule is CC1CCC(Nc2cnccn2)C(C)C1. The van der Waals surface area contributed by atoms with Crippen molar-refractivity contribution >= 4 is 5.82 Å². The molecule has 1 fully saturated rings. The van der Waals surface area contributed by atoms with Crippen LogP contribution in [0.1, 0.15) is 33.1 Å². The molecule has 0 bridgehead atoms. The molecule has 3 atom stereocenters. The molecular formula is C12H19N3. The second-order valence-electron chi connectivity index (χ2n) is 4.74. The van der Waals surface area contributed by atoms with Crippen LogP contribution in [0.2, 0.25) is 0 Å². The van der Waals surface area contributed by atoms with Gasteiger partial charge in [-0.25, -0.2) is 4.98 Å². The molecule has 0 aromatic carbocycles. The Morgan fingerprint density at radius 3 is 2.80 bits per heavy atom. The third-order valence-corrected chi connectivity index (χ3v) is 3.33. The summed E-state index contributed by atoms with van der Waals surface area (Å²) >= 11 is 0. The molecule has 0 saturated heterocycles. The maximum absolute atomic E-state index is 4.25. The van der Waals surface area contributed by atoms with E-state index in [0.29, 0.717) is 6.04 Å². The molecule has 2 rings (SSSR count). The molecule has 0 amide bonds.